The van der Waals surface area contributed by atoms with Crippen LogP contribution in [0.2, 0.25) is 0 Å². The maximum Gasteiger partial charge on any atom is -0.0213 e. The lowest BCUT2D eigenvalue weighted by Crippen LogP contribution is -2.27. The van der Waals surface area contributed by atoms with Crippen LogP contribution in [-0.4, -0.2) is 5.66 Å². The van der Waals surface area contributed by atoms with Gasteiger partial charge in [0.2, 0.25) is 0 Å². The van der Waals surface area contributed by atoms with E-state index in [9.17, 15) is 0 Å². The van der Waals surface area contributed by atoms with Crippen molar-refractivity contribution in [3.8, 4) is 0 Å². The van der Waals surface area contributed by atoms with Crippen molar-refractivity contribution in [2.24, 2.45) is 23.7 Å². The molecule has 0 aliphatic heterocycles. The van der Waals surface area contributed by atoms with Crippen LogP contribution in [-0.2, 0) is 0 Å². The molecule has 0 aliphatic carbocycles. The molecule has 15 heavy (non-hydrogen) atoms. The minimum Gasteiger partial charge on any atom is -0.134 e. The van der Waals surface area contributed by atoms with Gasteiger partial charge in [0.25, 0.3) is 0 Å². The third kappa shape index (κ3) is 5.16. The van der Waals surface area contributed by atoms with Crippen LogP contribution in [0.5, 0.6) is 0 Å². The van der Waals surface area contributed by atoms with Gasteiger partial charge in [0.1, 0.15) is 0 Å². The third-order valence-corrected chi connectivity index (χ3v) is 5.31. The van der Waals surface area contributed by atoms with Crippen LogP contribution in [0.15, 0.2) is 12.7 Å². The normalized spacial score (nSPS) is 19.7. The van der Waals surface area contributed by atoms with Crippen molar-refractivity contribution in [1.82, 2.24) is 0 Å². The average molecular weight is 228 g/mol. The Bertz CT molecular complexity index is 174. The zero-order valence-electron chi connectivity index (χ0n) is 11.2. The van der Waals surface area contributed by atoms with Crippen LogP contribution in [0.3, 0.4) is 0 Å². The quantitative estimate of drug-likeness (QED) is 0.435. The lowest BCUT2D eigenvalue weighted by molar-refractivity contribution is 0.243. The van der Waals surface area contributed by atoms with Crippen molar-refractivity contribution >= 4 is 9.24 Å². The van der Waals surface area contributed by atoms with Crippen LogP contribution in [0, 0.1) is 23.7 Å². The van der Waals surface area contributed by atoms with Crippen molar-refractivity contribution in [3.05, 3.63) is 12.7 Å². The summed E-state index contributed by atoms with van der Waals surface area (Å²) in [6, 6.07) is 0. The fourth-order valence-corrected chi connectivity index (χ4v) is 2.47. The second-order valence-corrected chi connectivity index (χ2v) is 6.15. The van der Waals surface area contributed by atoms with Gasteiger partial charge in [0.05, 0.1) is 0 Å². The highest BCUT2D eigenvalue weighted by Crippen LogP contribution is 2.33. The van der Waals surface area contributed by atoms with Crippen molar-refractivity contribution in [2.45, 2.75) is 53.1 Å². The van der Waals surface area contributed by atoms with Gasteiger partial charge in [-0.25, -0.2) is 0 Å². The molecule has 0 aromatic carbocycles. The molecular weight excluding hydrogens is 199 g/mol. The minimum atomic E-state index is 0.742. The van der Waals surface area contributed by atoms with Crippen LogP contribution in [0.4, 0.5) is 0 Å². The summed E-state index contributed by atoms with van der Waals surface area (Å²) in [5.74, 6) is 3.16. The first kappa shape index (κ1) is 15.2. The predicted molar refractivity (Wildman–Crippen MR) is 75.3 cm³/mol. The minimum absolute atomic E-state index is 0.742. The lowest BCUT2D eigenvalue weighted by Gasteiger charge is -2.32. The molecule has 0 rings (SSSR count). The Morgan fingerprint density at radius 2 is 1.60 bits per heavy atom. The van der Waals surface area contributed by atoms with E-state index in [4.69, 9.17) is 0 Å². The molecule has 5 atom stereocenters. The maximum atomic E-state index is 3.80. The monoisotopic (exact) mass is 228 g/mol. The highest BCUT2D eigenvalue weighted by Gasteiger charge is 2.25. The Labute approximate surface area is 99.1 Å². The topological polar surface area (TPSA) is 0 Å². The van der Waals surface area contributed by atoms with E-state index in [1.165, 1.54) is 6.42 Å². The molecule has 0 fully saturated rings. The smallest absolute Gasteiger partial charge is 0.0213 e. The zero-order chi connectivity index (χ0) is 12.0. The Kier molecular flexibility index (Phi) is 7.53. The first-order valence-electron chi connectivity index (χ1n) is 6.28. The summed E-state index contributed by atoms with van der Waals surface area (Å²) in [6.45, 7) is 15.6. The van der Waals surface area contributed by atoms with Crippen molar-refractivity contribution in [2.75, 3.05) is 0 Å². The van der Waals surface area contributed by atoms with Crippen LogP contribution in [0.25, 0.3) is 0 Å². The largest absolute Gasteiger partial charge is 0.134 e. The van der Waals surface area contributed by atoms with Gasteiger partial charge in [-0.3, -0.25) is 0 Å². The van der Waals surface area contributed by atoms with E-state index in [1.807, 2.05) is 6.08 Å². The first-order chi connectivity index (χ1) is 6.91. The summed E-state index contributed by atoms with van der Waals surface area (Å²) in [5, 5.41) is 0. The van der Waals surface area contributed by atoms with E-state index in [-0.39, 0.29) is 0 Å². The second-order valence-electron chi connectivity index (χ2n) is 5.38. The van der Waals surface area contributed by atoms with Gasteiger partial charge in [0, 0.05) is 0 Å². The van der Waals surface area contributed by atoms with Crippen molar-refractivity contribution < 1.29 is 0 Å². The van der Waals surface area contributed by atoms with E-state index >= 15 is 0 Å². The second kappa shape index (κ2) is 7.44. The number of allylic oxidation sites excluding steroid dienone is 1. The molecule has 5 unspecified atom stereocenters. The van der Waals surface area contributed by atoms with Gasteiger partial charge in [-0.15, -0.1) is 15.8 Å². The van der Waals surface area contributed by atoms with Crippen molar-refractivity contribution in [3.63, 3.8) is 0 Å². The Hall–Kier alpha value is 0.170. The average Bonchev–Trinajstić information content (AvgIpc) is 2.22. The molecule has 90 valence electrons. The summed E-state index contributed by atoms with van der Waals surface area (Å²) in [4.78, 5) is 0. The molecule has 0 aromatic heterocycles. The molecular formula is C14H29P. The summed E-state index contributed by atoms with van der Waals surface area (Å²) in [6.07, 6.45) is 4.47. The van der Waals surface area contributed by atoms with Crippen molar-refractivity contribution in [1.29, 1.82) is 0 Å². The van der Waals surface area contributed by atoms with Crippen LogP contribution < -0.4 is 0 Å². The molecule has 0 N–H and O–H groups in total. The Morgan fingerprint density at radius 1 is 1.07 bits per heavy atom. The molecule has 0 radical (unpaired) electrons. The summed E-state index contributed by atoms with van der Waals surface area (Å²) >= 11 is 0. The van der Waals surface area contributed by atoms with Gasteiger partial charge < -0.3 is 0 Å². The Morgan fingerprint density at radius 3 is 2.00 bits per heavy atom. The molecule has 0 nitrogen and oxygen atoms in total. The fourth-order valence-electron chi connectivity index (χ4n) is 2.12. The van der Waals surface area contributed by atoms with Crippen LogP contribution in [0.1, 0.15) is 47.5 Å². The van der Waals surface area contributed by atoms with Gasteiger partial charge in [-0.05, 0) is 42.2 Å². The van der Waals surface area contributed by atoms with E-state index in [0.29, 0.717) is 0 Å². The number of hydrogen-bond donors (Lipinski definition) is 0. The summed E-state index contributed by atoms with van der Waals surface area (Å²) < 4.78 is 0. The molecule has 0 spiro atoms. The molecule has 1 heteroatoms. The Balaban J connectivity index is 4.16. The maximum absolute atomic E-state index is 3.80. The molecule has 0 aromatic rings. The molecule has 0 bridgehead atoms. The van der Waals surface area contributed by atoms with Gasteiger partial charge in [-0.2, -0.15) is 0 Å². The fraction of sp³-hybridized carbons (Fsp3) is 0.857. The number of rotatable bonds is 7. The molecule has 0 amide bonds. The van der Waals surface area contributed by atoms with Gasteiger partial charge >= 0.3 is 0 Å². The molecule has 0 saturated carbocycles. The molecule has 0 heterocycles. The highest BCUT2D eigenvalue weighted by atomic mass is 31.0. The summed E-state index contributed by atoms with van der Waals surface area (Å²) in [5.41, 5.74) is 0.742. The SMILES string of the molecule is C=CCCC(C)C(C)C(C)C(P)C(C)C. The first-order valence-corrected chi connectivity index (χ1v) is 6.94. The van der Waals surface area contributed by atoms with Gasteiger partial charge in [0.15, 0.2) is 0 Å². The number of hydrogen-bond acceptors (Lipinski definition) is 0. The van der Waals surface area contributed by atoms with Crippen LogP contribution >= 0.6 is 9.24 Å². The molecule has 0 saturated heterocycles. The zero-order valence-corrected chi connectivity index (χ0v) is 12.3. The summed E-state index contributed by atoms with van der Waals surface area (Å²) in [7, 11) is 3.03. The van der Waals surface area contributed by atoms with E-state index in [2.05, 4.69) is 50.4 Å². The highest BCUT2D eigenvalue weighted by molar-refractivity contribution is 7.17. The molecule has 0 aliphatic rings. The third-order valence-electron chi connectivity index (χ3n) is 3.93. The van der Waals surface area contributed by atoms with E-state index in [1.54, 1.807) is 0 Å². The standard InChI is InChI=1S/C14H29P/c1-7-8-9-11(4)12(5)13(6)14(15)10(2)3/h7,10-14H,1,8-9,15H2,2-6H3. The lowest BCUT2D eigenvalue weighted by atomic mass is 9.78. The van der Waals surface area contributed by atoms with E-state index in [0.717, 1.165) is 35.8 Å². The van der Waals surface area contributed by atoms with E-state index < -0.39 is 0 Å². The predicted octanol–water partition coefficient (Wildman–Crippen LogP) is 4.76. The van der Waals surface area contributed by atoms with Gasteiger partial charge in [-0.1, -0.05) is 40.7 Å².